The zero-order valence-corrected chi connectivity index (χ0v) is 10.8. The van der Waals surface area contributed by atoms with Crippen LogP contribution in [0.3, 0.4) is 0 Å². The molecule has 1 aromatic carbocycles. The summed E-state index contributed by atoms with van der Waals surface area (Å²) in [7, 11) is 0. The number of rotatable bonds is 3. The van der Waals surface area contributed by atoms with Crippen molar-refractivity contribution in [2.75, 3.05) is 0 Å². The molecule has 1 aliphatic rings. The lowest BCUT2D eigenvalue weighted by atomic mass is 10.2. The molecule has 1 aromatic heterocycles. The van der Waals surface area contributed by atoms with E-state index in [1.165, 1.54) is 24.2 Å². The van der Waals surface area contributed by atoms with Gasteiger partial charge in [-0.1, -0.05) is 13.8 Å². The Kier molecular flexibility index (Phi) is 2.59. The Morgan fingerprint density at radius 2 is 2.22 bits per heavy atom. The van der Waals surface area contributed by atoms with Gasteiger partial charge in [-0.2, -0.15) is 5.26 Å². The van der Waals surface area contributed by atoms with E-state index in [9.17, 15) is 0 Å². The average Bonchev–Trinajstić information content (AvgIpc) is 3.13. The van der Waals surface area contributed by atoms with Crippen LogP contribution in [-0.2, 0) is 6.54 Å². The Hall–Kier alpha value is -1.82. The molecule has 0 atom stereocenters. The molecule has 0 radical (unpaired) electrons. The maximum absolute atomic E-state index is 8.96. The Morgan fingerprint density at radius 3 is 2.83 bits per heavy atom. The lowest BCUT2D eigenvalue weighted by molar-refractivity contribution is 0.517. The highest BCUT2D eigenvalue weighted by molar-refractivity contribution is 5.78. The minimum atomic E-state index is 0.607. The van der Waals surface area contributed by atoms with Crippen LogP contribution in [0.2, 0.25) is 0 Å². The summed E-state index contributed by atoms with van der Waals surface area (Å²) >= 11 is 0. The highest BCUT2D eigenvalue weighted by atomic mass is 15.1. The van der Waals surface area contributed by atoms with Gasteiger partial charge in [-0.05, 0) is 37.0 Å². The molecular weight excluding hydrogens is 222 g/mol. The molecule has 3 heteroatoms. The molecule has 3 nitrogen and oxygen atoms in total. The number of nitriles is 1. The molecule has 1 saturated carbocycles. The van der Waals surface area contributed by atoms with Crippen molar-refractivity contribution in [2.45, 2.75) is 39.2 Å². The number of nitrogens with zero attached hydrogens (tertiary/aromatic N) is 3. The van der Waals surface area contributed by atoms with E-state index in [4.69, 9.17) is 10.2 Å². The van der Waals surface area contributed by atoms with Crippen LogP contribution in [0.5, 0.6) is 0 Å². The Balaban J connectivity index is 2.16. The number of benzene rings is 1. The molecule has 0 amide bonds. The van der Waals surface area contributed by atoms with Gasteiger partial charge in [0.15, 0.2) is 0 Å². The monoisotopic (exact) mass is 239 g/mol. The van der Waals surface area contributed by atoms with Gasteiger partial charge >= 0.3 is 0 Å². The summed E-state index contributed by atoms with van der Waals surface area (Å²) in [6, 6.07) is 8.01. The number of aromatic nitrogens is 2. The SMILES string of the molecule is CC(C)Cn1c(C2CC2)nc2cc(C#N)ccc21. The summed E-state index contributed by atoms with van der Waals surface area (Å²) in [6.45, 7) is 5.46. The lowest BCUT2D eigenvalue weighted by Crippen LogP contribution is -2.07. The van der Waals surface area contributed by atoms with Gasteiger partial charge in [0, 0.05) is 12.5 Å². The average molecular weight is 239 g/mol. The molecule has 18 heavy (non-hydrogen) atoms. The molecule has 2 aromatic rings. The standard InChI is InChI=1S/C15H17N3/c1-10(2)9-18-14-6-3-11(8-16)7-13(14)17-15(18)12-4-5-12/h3,6-7,10,12H,4-5,9H2,1-2H3. The van der Waals surface area contributed by atoms with Gasteiger partial charge in [0.1, 0.15) is 5.82 Å². The molecule has 3 rings (SSSR count). The topological polar surface area (TPSA) is 41.6 Å². The minimum Gasteiger partial charge on any atom is -0.327 e. The first-order valence-electron chi connectivity index (χ1n) is 6.59. The minimum absolute atomic E-state index is 0.607. The summed E-state index contributed by atoms with van der Waals surface area (Å²) < 4.78 is 2.35. The first-order valence-corrected chi connectivity index (χ1v) is 6.59. The van der Waals surface area contributed by atoms with Gasteiger partial charge in [-0.15, -0.1) is 0 Å². The predicted molar refractivity (Wildman–Crippen MR) is 71.3 cm³/mol. The van der Waals surface area contributed by atoms with Crippen molar-refractivity contribution in [3.63, 3.8) is 0 Å². The van der Waals surface area contributed by atoms with Gasteiger partial charge in [0.05, 0.1) is 22.7 Å². The molecule has 0 saturated heterocycles. The normalized spacial score (nSPS) is 15.2. The van der Waals surface area contributed by atoms with Crippen LogP contribution in [0, 0.1) is 17.2 Å². The van der Waals surface area contributed by atoms with E-state index in [0.29, 0.717) is 17.4 Å². The Morgan fingerprint density at radius 1 is 1.44 bits per heavy atom. The van der Waals surface area contributed by atoms with Gasteiger partial charge in [-0.25, -0.2) is 4.98 Å². The van der Waals surface area contributed by atoms with E-state index in [1.54, 1.807) is 0 Å². The van der Waals surface area contributed by atoms with Crippen LogP contribution in [-0.4, -0.2) is 9.55 Å². The largest absolute Gasteiger partial charge is 0.327 e. The van der Waals surface area contributed by atoms with Gasteiger partial charge in [0.25, 0.3) is 0 Å². The summed E-state index contributed by atoms with van der Waals surface area (Å²) in [4.78, 5) is 4.75. The molecule has 1 aliphatic carbocycles. The van der Waals surface area contributed by atoms with Gasteiger partial charge in [0.2, 0.25) is 0 Å². The second kappa shape index (κ2) is 4.13. The third-order valence-electron chi connectivity index (χ3n) is 3.40. The molecule has 1 fully saturated rings. The fraction of sp³-hybridized carbons (Fsp3) is 0.467. The highest BCUT2D eigenvalue weighted by Crippen LogP contribution is 2.41. The molecule has 92 valence electrons. The zero-order chi connectivity index (χ0) is 12.7. The van der Waals surface area contributed by atoms with E-state index in [2.05, 4.69) is 24.5 Å². The first kappa shape index (κ1) is 11.3. The molecule has 0 unspecified atom stereocenters. The molecule has 0 N–H and O–H groups in total. The van der Waals surface area contributed by atoms with Crippen LogP contribution in [0.25, 0.3) is 11.0 Å². The van der Waals surface area contributed by atoms with Crippen LogP contribution < -0.4 is 0 Å². The predicted octanol–water partition coefficient (Wildman–Crippen LogP) is 3.44. The second-order valence-electron chi connectivity index (χ2n) is 5.56. The molecular formula is C15H17N3. The second-order valence-corrected chi connectivity index (χ2v) is 5.56. The van der Waals surface area contributed by atoms with Crippen LogP contribution in [0.1, 0.15) is 44.0 Å². The third-order valence-corrected chi connectivity index (χ3v) is 3.40. The van der Waals surface area contributed by atoms with Crippen molar-refractivity contribution in [1.29, 1.82) is 5.26 Å². The lowest BCUT2D eigenvalue weighted by Gasteiger charge is -2.11. The maximum Gasteiger partial charge on any atom is 0.113 e. The molecule has 0 spiro atoms. The van der Waals surface area contributed by atoms with E-state index in [0.717, 1.165) is 12.1 Å². The van der Waals surface area contributed by atoms with Gasteiger partial charge in [-0.3, -0.25) is 0 Å². The molecule has 0 aliphatic heterocycles. The van der Waals surface area contributed by atoms with Crippen LogP contribution >= 0.6 is 0 Å². The van der Waals surface area contributed by atoms with E-state index in [-0.39, 0.29) is 0 Å². The van der Waals surface area contributed by atoms with E-state index in [1.807, 2.05) is 18.2 Å². The number of imidazole rings is 1. The fourth-order valence-electron chi connectivity index (χ4n) is 2.43. The van der Waals surface area contributed by atoms with Crippen molar-refractivity contribution < 1.29 is 0 Å². The van der Waals surface area contributed by atoms with Crippen molar-refractivity contribution in [1.82, 2.24) is 9.55 Å². The van der Waals surface area contributed by atoms with Crippen molar-refractivity contribution in [3.8, 4) is 6.07 Å². The van der Waals surface area contributed by atoms with Crippen LogP contribution in [0.15, 0.2) is 18.2 Å². The molecule has 0 bridgehead atoms. The smallest absolute Gasteiger partial charge is 0.113 e. The van der Waals surface area contributed by atoms with E-state index < -0.39 is 0 Å². The Labute approximate surface area is 107 Å². The first-order chi connectivity index (χ1) is 8.69. The highest BCUT2D eigenvalue weighted by Gasteiger charge is 2.29. The number of hydrogen-bond donors (Lipinski definition) is 0. The summed E-state index contributed by atoms with van der Waals surface area (Å²) in [5, 5.41) is 8.96. The van der Waals surface area contributed by atoms with Crippen molar-refractivity contribution in [2.24, 2.45) is 5.92 Å². The van der Waals surface area contributed by atoms with Crippen molar-refractivity contribution >= 4 is 11.0 Å². The summed E-state index contributed by atoms with van der Waals surface area (Å²) in [5.74, 6) is 2.46. The number of hydrogen-bond acceptors (Lipinski definition) is 2. The third kappa shape index (κ3) is 1.88. The number of fused-ring (bicyclic) bond motifs is 1. The zero-order valence-electron chi connectivity index (χ0n) is 10.8. The summed E-state index contributed by atoms with van der Waals surface area (Å²) in [5.41, 5.74) is 2.83. The summed E-state index contributed by atoms with van der Waals surface area (Å²) in [6.07, 6.45) is 2.51. The van der Waals surface area contributed by atoms with Crippen molar-refractivity contribution in [3.05, 3.63) is 29.6 Å². The Bertz CT molecular complexity index is 627. The van der Waals surface area contributed by atoms with Gasteiger partial charge < -0.3 is 4.57 Å². The fourth-order valence-corrected chi connectivity index (χ4v) is 2.43. The van der Waals surface area contributed by atoms with Crippen LogP contribution in [0.4, 0.5) is 0 Å². The van der Waals surface area contributed by atoms with E-state index >= 15 is 0 Å². The molecule has 1 heterocycles. The quantitative estimate of drug-likeness (QED) is 0.823. The maximum atomic E-state index is 8.96.